The molecule has 0 aromatic heterocycles. The van der Waals surface area contributed by atoms with Crippen LogP contribution in [0.15, 0.2) is 42.0 Å². The van der Waals surface area contributed by atoms with E-state index in [0.717, 1.165) is 24.8 Å². The average molecular weight is 316 g/mol. The van der Waals surface area contributed by atoms with Gasteiger partial charge in [-0.1, -0.05) is 48.9 Å². The van der Waals surface area contributed by atoms with Gasteiger partial charge in [0.2, 0.25) is 0 Å². The fourth-order valence-electron chi connectivity index (χ4n) is 2.75. The average Bonchev–Trinajstić information content (AvgIpc) is 3.02. The van der Waals surface area contributed by atoms with Gasteiger partial charge in [0.05, 0.1) is 12.7 Å². The highest BCUT2D eigenvalue weighted by Crippen LogP contribution is 2.25. The fourth-order valence-corrected chi connectivity index (χ4v) is 2.75. The highest BCUT2D eigenvalue weighted by molar-refractivity contribution is 5.95. The van der Waals surface area contributed by atoms with Crippen molar-refractivity contribution < 1.29 is 14.3 Å². The number of benzene rings is 1. The van der Waals surface area contributed by atoms with Crippen molar-refractivity contribution in [2.24, 2.45) is 5.92 Å². The van der Waals surface area contributed by atoms with Crippen LogP contribution >= 0.6 is 0 Å². The largest absolute Gasteiger partial charge is 0.350 e. The molecule has 0 N–H and O–H groups in total. The molecule has 1 aliphatic heterocycles. The summed E-state index contributed by atoms with van der Waals surface area (Å²) >= 11 is 0. The van der Waals surface area contributed by atoms with Crippen LogP contribution in [0.5, 0.6) is 0 Å². The number of carbonyl (C=O) groups is 1. The number of ether oxygens (including phenoxy) is 2. The van der Waals surface area contributed by atoms with E-state index in [4.69, 9.17) is 9.47 Å². The molecule has 0 radical (unpaired) electrons. The molecule has 0 bridgehead atoms. The zero-order chi connectivity index (χ0) is 16.7. The first-order valence-corrected chi connectivity index (χ1v) is 8.55. The Balaban J connectivity index is 1.71. The lowest BCUT2D eigenvalue weighted by Crippen LogP contribution is -2.20. The van der Waals surface area contributed by atoms with Crippen molar-refractivity contribution in [2.45, 2.75) is 58.8 Å². The summed E-state index contributed by atoms with van der Waals surface area (Å²) < 4.78 is 11.7. The Morgan fingerprint density at radius 2 is 2.04 bits per heavy atom. The molecule has 1 aromatic carbocycles. The normalized spacial score (nSPS) is 21.9. The summed E-state index contributed by atoms with van der Waals surface area (Å²) in [5.41, 5.74) is 2.13. The predicted octanol–water partition coefficient (Wildman–Crippen LogP) is 4.77. The molecule has 1 heterocycles. The Bertz CT molecular complexity index is 517. The van der Waals surface area contributed by atoms with Crippen LogP contribution in [0.1, 0.15) is 56.8 Å². The van der Waals surface area contributed by atoms with E-state index >= 15 is 0 Å². The molecule has 1 saturated heterocycles. The molecule has 2 rings (SSSR count). The summed E-state index contributed by atoms with van der Waals surface area (Å²) in [6.45, 7) is 7.00. The second kappa shape index (κ2) is 8.99. The first kappa shape index (κ1) is 17.9. The standard InChI is InChI=1S/C20H28O3/c1-15(2)8-7-9-16(3)20-22-14-18(23-20)12-13-19(21)17-10-5-4-6-11-17/h4-6,8,10-11,16,18,20H,7,9,12-14H2,1-3H3. The van der Waals surface area contributed by atoms with Gasteiger partial charge in [-0.2, -0.15) is 0 Å². The van der Waals surface area contributed by atoms with E-state index in [2.05, 4.69) is 26.8 Å². The summed E-state index contributed by atoms with van der Waals surface area (Å²) in [4.78, 5) is 12.1. The van der Waals surface area contributed by atoms with Gasteiger partial charge in [-0.05, 0) is 33.1 Å². The van der Waals surface area contributed by atoms with E-state index in [1.165, 1.54) is 5.57 Å². The molecule has 1 aromatic rings. The summed E-state index contributed by atoms with van der Waals surface area (Å²) in [5.74, 6) is 0.551. The van der Waals surface area contributed by atoms with E-state index < -0.39 is 0 Å². The van der Waals surface area contributed by atoms with Crippen LogP contribution in [0.4, 0.5) is 0 Å². The van der Waals surface area contributed by atoms with E-state index in [-0.39, 0.29) is 18.2 Å². The minimum absolute atomic E-state index is 0.0403. The third-order valence-electron chi connectivity index (χ3n) is 4.20. The maximum absolute atomic E-state index is 12.1. The first-order valence-electron chi connectivity index (χ1n) is 8.55. The number of Topliss-reactive ketones (excluding diaryl/α,β-unsaturated/α-hetero) is 1. The molecular formula is C20H28O3. The van der Waals surface area contributed by atoms with Gasteiger partial charge in [-0.25, -0.2) is 0 Å². The molecular weight excluding hydrogens is 288 g/mol. The molecule has 3 atom stereocenters. The molecule has 0 aliphatic carbocycles. The Morgan fingerprint density at radius 1 is 1.30 bits per heavy atom. The highest BCUT2D eigenvalue weighted by Gasteiger charge is 2.30. The topological polar surface area (TPSA) is 35.5 Å². The smallest absolute Gasteiger partial charge is 0.162 e. The van der Waals surface area contributed by atoms with Crippen LogP contribution in [0.25, 0.3) is 0 Å². The number of rotatable bonds is 8. The lowest BCUT2D eigenvalue weighted by molar-refractivity contribution is -0.0939. The van der Waals surface area contributed by atoms with Crippen molar-refractivity contribution in [1.29, 1.82) is 0 Å². The molecule has 1 fully saturated rings. The van der Waals surface area contributed by atoms with Crippen LogP contribution in [0.2, 0.25) is 0 Å². The van der Waals surface area contributed by atoms with Crippen LogP contribution in [-0.4, -0.2) is 24.8 Å². The molecule has 0 amide bonds. The van der Waals surface area contributed by atoms with Gasteiger partial charge < -0.3 is 9.47 Å². The third kappa shape index (κ3) is 5.92. The first-order chi connectivity index (χ1) is 11.1. The SMILES string of the molecule is CC(C)=CCCC(C)C1OCC(CCC(=O)c2ccccc2)O1. The van der Waals surface area contributed by atoms with Gasteiger partial charge >= 0.3 is 0 Å². The zero-order valence-electron chi connectivity index (χ0n) is 14.5. The molecule has 1 aliphatic rings. The van der Waals surface area contributed by atoms with Crippen molar-refractivity contribution >= 4 is 5.78 Å². The van der Waals surface area contributed by atoms with E-state index in [1.807, 2.05) is 30.3 Å². The molecule has 3 unspecified atom stereocenters. The monoisotopic (exact) mass is 316 g/mol. The van der Waals surface area contributed by atoms with Crippen molar-refractivity contribution in [3.8, 4) is 0 Å². The summed E-state index contributed by atoms with van der Waals surface area (Å²) in [7, 11) is 0. The Hall–Kier alpha value is -1.45. The van der Waals surface area contributed by atoms with E-state index in [0.29, 0.717) is 18.9 Å². The van der Waals surface area contributed by atoms with Crippen molar-refractivity contribution in [3.05, 3.63) is 47.5 Å². The van der Waals surface area contributed by atoms with Gasteiger partial charge in [0, 0.05) is 17.9 Å². The number of carbonyl (C=O) groups excluding carboxylic acids is 1. The van der Waals surface area contributed by atoms with Crippen LogP contribution in [0, 0.1) is 5.92 Å². The minimum Gasteiger partial charge on any atom is -0.350 e. The second-order valence-electron chi connectivity index (χ2n) is 6.62. The van der Waals surface area contributed by atoms with Crippen molar-refractivity contribution in [1.82, 2.24) is 0 Å². The van der Waals surface area contributed by atoms with Crippen LogP contribution in [0.3, 0.4) is 0 Å². The van der Waals surface area contributed by atoms with Gasteiger partial charge in [0.15, 0.2) is 12.1 Å². The molecule has 3 heteroatoms. The lowest BCUT2D eigenvalue weighted by atomic mass is 10.0. The number of hydrogen-bond donors (Lipinski definition) is 0. The van der Waals surface area contributed by atoms with Crippen LogP contribution in [-0.2, 0) is 9.47 Å². The lowest BCUT2D eigenvalue weighted by Gasteiger charge is -2.18. The Morgan fingerprint density at radius 3 is 2.74 bits per heavy atom. The fraction of sp³-hybridized carbons (Fsp3) is 0.550. The molecule has 23 heavy (non-hydrogen) atoms. The summed E-state index contributed by atoms with van der Waals surface area (Å²) in [5, 5.41) is 0. The van der Waals surface area contributed by atoms with E-state index in [9.17, 15) is 4.79 Å². The van der Waals surface area contributed by atoms with Crippen molar-refractivity contribution in [2.75, 3.05) is 6.61 Å². The number of hydrogen-bond acceptors (Lipinski definition) is 3. The Labute approximate surface area is 139 Å². The zero-order valence-corrected chi connectivity index (χ0v) is 14.5. The van der Waals surface area contributed by atoms with Gasteiger partial charge in [-0.3, -0.25) is 4.79 Å². The second-order valence-corrected chi connectivity index (χ2v) is 6.62. The molecule has 3 nitrogen and oxygen atoms in total. The molecule has 126 valence electrons. The molecule has 0 saturated carbocycles. The molecule has 0 spiro atoms. The number of ketones is 1. The third-order valence-corrected chi connectivity index (χ3v) is 4.20. The summed E-state index contributed by atoms with van der Waals surface area (Å²) in [6, 6.07) is 9.44. The predicted molar refractivity (Wildman–Crippen MR) is 92.4 cm³/mol. The maximum atomic E-state index is 12.1. The summed E-state index contributed by atoms with van der Waals surface area (Å²) in [6.07, 6.45) is 5.52. The van der Waals surface area contributed by atoms with Gasteiger partial charge in [0.1, 0.15) is 0 Å². The van der Waals surface area contributed by atoms with E-state index in [1.54, 1.807) is 0 Å². The number of allylic oxidation sites excluding steroid dienone is 2. The van der Waals surface area contributed by atoms with Crippen LogP contribution < -0.4 is 0 Å². The van der Waals surface area contributed by atoms with Gasteiger partial charge in [-0.15, -0.1) is 0 Å². The van der Waals surface area contributed by atoms with Gasteiger partial charge in [0.25, 0.3) is 0 Å². The maximum Gasteiger partial charge on any atom is 0.162 e. The Kier molecular flexibility index (Phi) is 7.00. The quantitative estimate of drug-likeness (QED) is 0.512. The van der Waals surface area contributed by atoms with Crippen molar-refractivity contribution in [3.63, 3.8) is 0 Å². The minimum atomic E-state index is -0.127. The highest BCUT2D eigenvalue weighted by atomic mass is 16.7.